The lowest BCUT2D eigenvalue weighted by Gasteiger charge is -2.13. The van der Waals surface area contributed by atoms with E-state index in [2.05, 4.69) is 15.1 Å². The van der Waals surface area contributed by atoms with Gasteiger partial charge in [-0.1, -0.05) is 5.16 Å². The zero-order valence-corrected chi connectivity index (χ0v) is 11.0. The molecule has 19 heavy (non-hydrogen) atoms. The van der Waals surface area contributed by atoms with Gasteiger partial charge in [0.05, 0.1) is 12.2 Å². The largest absolute Gasteiger partial charge is 0.381 e. The molecule has 0 bridgehead atoms. The normalized spacial score (nSPS) is 18.7. The Morgan fingerprint density at radius 3 is 3.00 bits per heavy atom. The lowest BCUT2D eigenvalue weighted by Crippen LogP contribution is -2.11. The molecule has 2 aromatic heterocycles. The molecule has 1 aliphatic rings. The molecule has 0 spiro atoms. The van der Waals surface area contributed by atoms with E-state index in [1.54, 1.807) is 6.20 Å². The summed E-state index contributed by atoms with van der Waals surface area (Å²) in [6.07, 6.45) is 2.70. The van der Waals surface area contributed by atoms with Gasteiger partial charge in [-0.3, -0.25) is 0 Å². The molecule has 0 amide bonds. The van der Waals surface area contributed by atoms with Crippen molar-refractivity contribution in [2.75, 3.05) is 32.2 Å². The van der Waals surface area contributed by atoms with Gasteiger partial charge in [-0.2, -0.15) is 4.98 Å². The number of anilines is 1. The number of pyridine rings is 1. The molecule has 2 aromatic rings. The van der Waals surface area contributed by atoms with Crippen molar-refractivity contribution < 1.29 is 9.26 Å². The summed E-state index contributed by atoms with van der Waals surface area (Å²) in [5.41, 5.74) is 0.852. The predicted molar refractivity (Wildman–Crippen MR) is 70.0 cm³/mol. The number of aromatic nitrogens is 3. The highest BCUT2D eigenvalue weighted by Crippen LogP contribution is 2.29. The number of rotatable bonds is 3. The molecule has 1 aliphatic heterocycles. The highest BCUT2D eigenvalue weighted by molar-refractivity contribution is 5.69. The van der Waals surface area contributed by atoms with E-state index in [9.17, 15) is 0 Å². The van der Waals surface area contributed by atoms with E-state index in [1.807, 2.05) is 31.1 Å². The van der Waals surface area contributed by atoms with Crippen molar-refractivity contribution >= 4 is 5.82 Å². The van der Waals surface area contributed by atoms with E-state index < -0.39 is 0 Å². The topological polar surface area (TPSA) is 64.3 Å². The predicted octanol–water partition coefficient (Wildman–Crippen LogP) is 1.70. The van der Waals surface area contributed by atoms with Gasteiger partial charge < -0.3 is 14.2 Å². The van der Waals surface area contributed by atoms with Crippen LogP contribution < -0.4 is 4.90 Å². The maximum Gasteiger partial charge on any atom is 0.261 e. The first-order valence-electron chi connectivity index (χ1n) is 6.30. The van der Waals surface area contributed by atoms with Crippen LogP contribution in [0.25, 0.3) is 11.5 Å². The second-order valence-electron chi connectivity index (χ2n) is 4.79. The summed E-state index contributed by atoms with van der Waals surface area (Å²) in [5, 5.41) is 4.06. The minimum absolute atomic E-state index is 0.247. The van der Waals surface area contributed by atoms with Gasteiger partial charge in [-0.05, 0) is 18.6 Å². The fourth-order valence-corrected chi connectivity index (χ4v) is 2.17. The minimum atomic E-state index is 0.247. The van der Waals surface area contributed by atoms with E-state index in [0.717, 1.165) is 30.2 Å². The molecule has 3 heterocycles. The first-order valence-corrected chi connectivity index (χ1v) is 6.30. The van der Waals surface area contributed by atoms with Crippen LogP contribution in [0.3, 0.4) is 0 Å². The lowest BCUT2D eigenvalue weighted by atomic mass is 10.1. The monoisotopic (exact) mass is 260 g/mol. The summed E-state index contributed by atoms with van der Waals surface area (Å²) in [6.45, 7) is 1.44. The zero-order chi connectivity index (χ0) is 13.2. The molecular formula is C13H16N4O2. The Kier molecular flexibility index (Phi) is 3.16. The first kappa shape index (κ1) is 12.1. The van der Waals surface area contributed by atoms with E-state index in [1.165, 1.54) is 0 Å². The molecule has 1 fully saturated rings. The summed E-state index contributed by atoms with van der Waals surface area (Å²) in [7, 11) is 3.88. The van der Waals surface area contributed by atoms with Gasteiger partial charge in [0.25, 0.3) is 5.89 Å². The molecule has 6 nitrogen and oxygen atoms in total. The van der Waals surface area contributed by atoms with Crippen molar-refractivity contribution in [3.63, 3.8) is 0 Å². The second-order valence-corrected chi connectivity index (χ2v) is 4.79. The van der Waals surface area contributed by atoms with Crippen molar-refractivity contribution in [2.45, 2.75) is 12.3 Å². The third-order valence-electron chi connectivity index (χ3n) is 3.18. The average molecular weight is 260 g/mol. The highest BCUT2D eigenvalue weighted by atomic mass is 16.5. The molecule has 3 rings (SSSR count). The van der Waals surface area contributed by atoms with Crippen molar-refractivity contribution in [2.24, 2.45) is 0 Å². The fraction of sp³-hybridized carbons (Fsp3) is 0.462. The van der Waals surface area contributed by atoms with Crippen molar-refractivity contribution in [3.8, 4) is 11.5 Å². The van der Waals surface area contributed by atoms with Gasteiger partial charge in [0.15, 0.2) is 5.82 Å². The van der Waals surface area contributed by atoms with Crippen LogP contribution in [0.2, 0.25) is 0 Å². The fourth-order valence-electron chi connectivity index (χ4n) is 2.17. The Bertz CT molecular complexity index is 561. The molecular weight excluding hydrogens is 244 g/mol. The molecule has 0 saturated carbocycles. The third kappa shape index (κ3) is 2.31. The Hall–Kier alpha value is -1.95. The Labute approximate surface area is 111 Å². The van der Waals surface area contributed by atoms with Gasteiger partial charge in [0, 0.05) is 32.8 Å². The van der Waals surface area contributed by atoms with Crippen molar-refractivity contribution in [1.82, 2.24) is 15.1 Å². The minimum Gasteiger partial charge on any atom is -0.381 e. The SMILES string of the molecule is CN(C)c1ncccc1-c1nc(C2CCOC2)no1. The van der Waals surface area contributed by atoms with Crippen LogP contribution in [0.15, 0.2) is 22.9 Å². The van der Waals surface area contributed by atoms with Gasteiger partial charge in [0.1, 0.15) is 5.82 Å². The van der Waals surface area contributed by atoms with Gasteiger partial charge in [-0.25, -0.2) is 4.98 Å². The standard InChI is InChI=1S/C13H16N4O2/c1-17(2)12-10(4-3-6-14-12)13-15-11(16-19-13)9-5-7-18-8-9/h3-4,6,9H,5,7-8H2,1-2H3. The number of ether oxygens (including phenoxy) is 1. The average Bonchev–Trinajstić information content (AvgIpc) is 3.09. The van der Waals surface area contributed by atoms with Crippen LogP contribution in [0.1, 0.15) is 18.2 Å². The van der Waals surface area contributed by atoms with Gasteiger partial charge in [0.2, 0.25) is 0 Å². The van der Waals surface area contributed by atoms with Crippen LogP contribution >= 0.6 is 0 Å². The second kappa shape index (κ2) is 4.97. The highest BCUT2D eigenvalue weighted by Gasteiger charge is 2.24. The van der Waals surface area contributed by atoms with Crippen LogP contribution in [0.5, 0.6) is 0 Å². The van der Waals surface area contributed by atoms with Crippen LogP contribution in [0.4, 0.5) is 5.82 Å². The zero-order valence-electron chi connectivity index (χ0n) is 11.0. The maximum absolute atomic E-state index is 5.37. The molecule has 1 saturated heterocycles. The molecule has 100 valence electrons. The van der Waals surface area contributed by atoms with E-state index in [-0.39, 0.29) is 5.92 Å². The number of hydrogen-bond acceptors (Lipinski definition) is 6. The van der Waals surface area contributed by atoms with E-state index >= 15 is 0 Å². The van der Waals surface area contributed by atoms with Crippen molar-refractivity contribution in [3.05, 3.63) is 24.2 Å². The van der Waals surface area contributed by atoms with Crippen LogP contribution in [0, 0.1) is 0 Å². The number of nitrogens with zero attached hydrogens (tertiary/aromatic N) is 4. The Balaban J connectivity index is 1.94. The Morgan fingerprint density at radius 1 is 1.37 bits per heavy atom. The third-order valence-corrected chi connectivity index (χ3v) is 3.18. The number of hydrogen-bond donors (Lipinski definition) is 0. The van der Waals surface area contributed by atoms with Gasteiger partial charge >= 0.3 is 0 Å². The van der Waals surface area contributed by atoms with Crippen LogP contribution in [-0.4, -0.2) is 42.4 Å². The van der Waals surface area contributed by atoms with Crippen molar-refractivity contribution in [1.29, 1.82) is 0 Å². The molecule has 1 atom stereocenters. The van der Waals surface area contributed by atoms with Crippen LogP contribution in [-0.2, 0) is 4.74 Å². The van der Waals surface area contributed by atoms with E-state index in [4.69, 9.17) is 9.26 Å². The summed E-state index contributed by atoms with van der Waals surface area (Å²) >= 11 is 0. The molecule has 1 unspecified atom stereocenters. The molecule has 0 aromatic carbocycles. The van der Waals surface area contributed by atoms with Gasteiger partial charge in [-0.15, -0.1) is 0 Å². The Morgan fingerprint density at radius 2 is 2.26 bits per heavy atom. The summed E-state index contributed by atoms with van der Waals surface area (Å²) in [5.74, 6) is 2.30. The molecule has 6 heteroatoms. The first-order chi connectivity index (χ1) is 9.25. The molecule has 0 N–H and O–H groups in total. The summed E-state index contributed by atoms with van der Waals surface area (Å²) in [6, 6.07) is 3.80. The smallest absolute Gasteiger partial charge is 0.261 e. The van der Waals surface area contributed by atoms with E-state index in [0.29, 0.717) is 12.5 Å². The summed E-state index contributed by atoms with van der Waals surface area (Å²) in [4.78, 5) is 10.7. The summed E-state index contributed by atoms with van der Waals surface area (Å²) < 4.78 is 10.7. The lowest BCUT2D eigenvalue weighted by molar-refractivity contribution is 0.192. The quantitative estimate of drug-likeness (QED) is 0.837. The molecule has 0 radical (unpaired) electrons. The molecule has 0 aliphatic carbocycles. The maximum atomic E-state index is 5.37.